The largest absolute Gasteiger partial charge is 0.374 e. The van der Waals surface area contributed by atoms with Crippen LogP contribution in [0.4, 0.5) is 0 Å². The number of nitrogens with zero attached hydrogens (tertiary/aromatic N) is 2. The third-order valence-corrected chi connectivity index (χ3v) is 1.61. The van der Waals surface area contributed by atoms with Gasteiger partial charge < -0.3 is 5.11 Å². The zero-order valence-electron chi connectivity index (χ0n) is 7.28. The van der Waals surface area contributed by atoms with E-state index in [1.807, 2.05) is 6.92 Å². The van der Waals surface area contributed by atoms with E-state index in [1.165, 1.54) is 0 Å². The van der Waals surface area contributed by atoms with Crippen LogP contribution < -0.4 is 0 Å². The van der Waals surface area contributed by atoms with E-state index in [4.69, 9.17) is 0 Å². The lowest BCUT2D eigenvalue weighted by Crippen LogP contribution is -2.06. The van der Waals surface area contributed by atoms with Crippen LogP contribution in [0, 0.1) is 11.8 Å². The van der Waals surface area contributed by atoms with Crippen LogP contribution in [-0.2, 0) is 6.54 Å². The predicted octanol–water partition coefficient (Wildman–Crippen LogP) is 0.960. The molecule has 64 valence electrons. The van der Waals surface area contributed by atoms with E-state index in [2.05, 4.69) is 16.9 Å². The third-order valence-electron chi connectivity index (χ3n) is 1.61. The van der Waals surface area contributed by atoms with Crippen molar-refractivity contribution in [3.8, 4) is 11.8 Å². The highest BCUT2D eigenvalue weighted by atomic mass is 16.3. The third kappa shape index (κ3) is 1.66. The molecule has 0 spiro atoms. The van der Waals surface area contributed by atoms with Crippen LogP contribution in [0.2, 0.25) is 0 Å². The van der Waals surface area contributed by atoms with E-state index in [-0.39, 0.29) is 0 Å². The van der Waals surface area contributed by atoms with Gasteiger partial charge in [0.2, 0.25) is 0 Å². The molecule has 0 aromatic carbocycles. The Morgan fingerprint density at radius 3 is 3.08 bits per heavy atom. The SMILES string of the molecule is CC#CC(O)c1ccnn1CC. The highest BCUT2D eigenvalue weighted by molar-refractivity contribution is 5.16. The summed E-state index contributed by atoms with van der Waals surface area (Å²) in [7, 11) is 0. The Bertz CT molecular complexity index is 306. The number of aliphatic hydroxyl groups is 1. The van der Waals surface area contributed by atoms with Gasteiger partial charge in [-0.2, -0.15) is 5.10 Å². The molecule has 1 aromatic heterocycles. The van der Waals surface area contributed by atoms with Crippen molar-refractivity contribution in [2.45, 2.75) is 26.5 Å². The fourth-order valence-corrected chi connectivity index (χ4v) is 1.05. The fourth-order valence-electron chi connectivity index (χ4n) is 1.05. The van der Waals surface area contributed by atoms with Crippen LogP contribution in [0.25, 0.3) is 0 Å². The van der Waals surface area contributed by atoms with E-state index in [0.29, 0.717) is 0 Å². The molecule has 0 aliphatic carbocycles. The monoisotopic (exact) mass is 164 g/mol. The van der Waals surface area contributed by atoms with Gasteiger partial charge in [0.1, 0.15) is 0 Å². The van der Waals surface area contributed by atoms with Crippen molar-refractivity contribution in [1.82, 2.24) is 9.78 Å². The van der Waals surface area contributed by atoms with Gasteiger partial charge in [-0.3, -0.25) is 4.68 Å². The zero-order chi connectivity index (χ0) is 8.97. The number of aliphatic hydroxyl groups excluding tert-OH is 1. The van der Waals surface area contributed by atoms with E-state index >= 15 is 0 Å². The number of aromatic nitrogens is 2. The second-order valence-electron chi connectivity index (χ2n) is 2.37. The van der Waals surface area contributed by atoms with Crippen molar-refractivity contribution < 1.29 is 5.11 Å². The van der Waals surface area contributed by atoms with Crippen molar-refractivity contribution >= 4 is 0 Å². The van der Waals surface area contributed by atoms with Crippen LogP contribution in [0.1, 0.15) is 25.6 Å². The minimum absolute atomic E-state index is 0.711. The molecule has 0 saturated heterocycles. The molecule has 0 aliphatic rings. The lowest BCUT2D eigenvalue weighted by Gasteiger charge is -2.05. The van der Waals surface area contributed by atoms with Gasteiger partial charge in [-0.25, -0.2) is 0 Å². The van der Waals surface area contributed by atoms with Crippen LogP contribution in [0.3, 0.4) is 0 Å². The van der Waals surface area contributed by atoms with Crippen molar-refractivity contribution in [3.05, 3.63) is 18.0 Å². The van der Waals surface area contributed by atoms with Gasteiger partial charge in [0.05, 0.1) is 5.69 Å². The van der Waals surface area contributed by atoms with Gasteiger partial charge in [-0.05, 0) is 19.9 Å². The summed E-state index contributed by atoms with van der Waals surface area (Å²) in [5, 5.41) is 13.5. The molecule has 0 aliphatic heterocycles. The van der Waals surface area contributed by atoms with Gasteiger partial charge >= 0.3 is 0 Å². The summed E-state index contributed by atoms with van der Waals surface area (Å²) < 4.78 is 1.73. The lowest BCUT2D eigenvalue weighted by molar-refractivity contribution is 0.225. The first-order valence-corrected chi connectivity index (χ1v) is 3.91. The van der Waals surface area contributed by atoms with Gasteiger partial charge in [0, 0.05) is 12.7 Å². The summed E-state index contributed by atoms with van der Waals surface area (Å²) in [6.07, 6.45) is 0.955. The lowest BCUT2D eigenvalue weighted by atomic mass is 10.2. The molecule has 1 atom stereocenters. The maximum atomic E-state index is 9.49. The van der Waals surface area contributed by atoms with Crippen LogP contribution in [0.15, 0.2) is 12.3 Å². The van der Waals surface area contributed by atoms with E-state index in [0.717, 1.165) is 12.2 Å². The molecular weight excluding hydrogens is 152 g/mol. The Morgan fingerprint density at radius 1 is 1.75 bits per heavy atom. The molecule has 0 amide bonds. The molecule has 0 radical (unpaired) electrons. The Morgan fingerprint density at radius 2 is 2.50 bits per heavy atom. The predicted molar refractivity (Wildman–Crippen MR) is 46.3 cm³/mol. The van der Waals surface area contributed by atoms with E-state index in [1.54, 1.807) is 23.9 Å². The quantitative estimate of drug-likeness (QED) is 0.661. The second-order valence-corrected chi connectivity index (χ2v) is 2.37. The molecule has 1 unspecified atom stereocenters. The summed E-state index contributed by atoms with van der Waals surface area (Å²) in [5.74, 6) is 5.33. The summed E-state index contributed by atoms with van der Waals surface area (Å²) in [5.41, 5.74) is 0.756. The number of hydrogen-bond acceptors (Lipinski definition) is 2. The highest BCUT2D eigenvalue weighted by Crippen LogP contribution is 2.10. The molecule has 12 heavy (non-hydrogen) atoms. The van der Waals surface area contributed by atoms with Crippen LogP contribution in [0.5, 0.6) is 0 Å². The molecule has 0 fully saturated rings. The van der Waals surface area contributed by atoms with Crippen LogP contribution >= 0.6 is 0 Å². The van der Waals surface area contributed by atoms with E-state index < -0.39 is 6.10 Å². The van der Waals surface area contributed by atoms with Gasteiger partial charge in [-0.1, -0.05) is 5.92 Å². The van der Waals surface area contributed by atoms with Crippen molar-refractivity contribution in [1.29, 1.82) is 0 Å². The second kappa shape index (κ2) is 3.93. The van der Waals surface area contributed by atoms with Crippen molar-refractivity contribution in [3.63, 3.8) is 0 Å². The van der Waals surface area contributed by atoms with Crippen LogP contribution in [-0.4, -0.2) is 14.9 Å². The first-order valence-electron chi connectivity index (χ1n) is 3.91. The standard InChI is InChI=1S/C9H12N2O/c1-3-5-9(12)8-6-7-10-11(8)4-2/h6-7,9,12H,4H2,1-2H3. The zero-order valence-corrected chi connectivity index (χ0v) is 7.28. The Labute approximate surface area is 72.0 Å². The maximum Gasteiger partial charge on any atom is 0.156 e. The minimum Gasteiger partial charge on any atom is -0.374 e. The highest BCUT2D eigenvalue weighted by Gasteiger charge is 2.07. The summed E-state index contributed by atoms with van der Waals surface area (Å²) in [6, 6.07) is 1.78. The normalized spacial score (nSPS) is 11.9. The topological polar surface area (TPSA) is 38.1 Å². The summed E-state index contributed by atoms with van der Waals surface area (Å²) in [6.45, 7) is 4.43. The van der Waals surface area contributed by atoms with Crippen molar-refractivity contribution in [2.75, 3.05) is 0 Å². The average Bonchev–Trinajstić information content (AvgIpc) is 2.51. The van der Waals surface area contributed by atoms with Gasteiger partial charge in [-0.15, -0.1) is 5.92 Å². The Kier molecular flexibility index (Phi) is 2.89. The first-order chi connectivity index (χ1) is 5.79. The van der Waals surface area contributed by atoms with E-state index in [9.17, 15) is 5.11 Å². The fraction of sp³-hybridized carbons (Fsp3) is 0.444. The molecule has 3 nitrogen and oxygen atoms in total. The average molecular weight is 164 g/mol. The molecular formula is C9H12N2O. The molecule has 1 heterocycles. The smallest absolute Gasteiger partial charge is 0.156 e. The summed E-state index contributed by atoms with van der Waals surface area (Å²) in [4.78, 5) is 0. The number of hydrogen-bond donors (Lipinski definition) is 1. The molecule has 0 saturated carbocycles. The molecule has 1 aromatic rings. The Balaban J connectivity index is 2.90. The molecule has 3 heteroatoms. The molecule has 1 N–H and O–H groups in total. The Hall–Kier alpha value is -1.27. The summed E-state index contributed by atoms with van der Waals surface area (Å²) >= 11 is 0. The molecule has 1 rings (SSSR count). The molecule has 0 bridgehead atoms. The van der Waals surface area contributed by atoms with Gasteiger partial charge in [0.15, 0.2) is 6.10 Å². The van der Waals surface area contributed by atoms with Gasteiger partial charge in [0.25, 0.3) is 0 Å². The maximum absolute atomic E-state index is 9.49. The minimum atomic E-state index is -0.711. The van der Waals surface area contributed by atoms with Crippen molar-refractivity contribution in [2.24, 2.45) is 0 Å². The number of rotatable bonds is 2. The number of aryl methyl sites for hydroxylation is 1. The first kappa shape index (κ1) is 8.82.